The summed E-state index contributed by atoms with van der Waals surface area (Å²) in [5.41, 5.74) is 1.65. The molecule has 0 unspecified atom stereocenters. The van der Waals surface area contributed by atoms with Crippen LogP contribution in [-0.2, 0) is 6.54 Å². The lowest BCUT2D eigenvalue weighted by molar-refractivity contribution is 0.238. The lowest BCUT2D eigenvalue weighted by Gasteiger charge is -2.39. The van der Waals surface area contributed by atoms with E-state index in [2.05, 4.69) is 42.0 Å². The Morgan fingerprint density at radius 1 is 1.33 bits per heavy atom. The topological polar surface area (TPSA) is 28.2 Å². The van der Waals surface area contributed by atoms with E-state index in [9.17, 15) is 0 Å². The first-order chi connectivity index (χ1) is 10.1. The van der Waals surface area contributed by atoms with Crippen molar-refractivity contribution in [2.45, 2.75) is 53.0 Å². The molecule has 3 nitrogen and oxygen atoms in total. The smallest absolute Gasteiger partial charge is 0.147 e. The van der Waals surface area contributed by atoms with Gasteiger partial charge in [-0.05, 0) is 42.9 Å². The van der Waals surface area contributed by atoms with Crippen molar-refractivity contribution in [3.8, 4) is 0 Å². The Labute approximate surface area is 134 Å². The second-order valence-corrected chi connectivity index (χ2v) is 6.88. The molecule has 2 heterocycles. The van der Waals surface area contributed by atoms with Crippen LogP contribution in [0.5, 0.6) is 0 Å². The Balaban J connectivity index is 1.98. The highest BCUT2D eigenvalue weighted by atomic mass is 35.5. The zero-order chi connectivity index (χ0) is 15.3. The second-order valence-electron chi connectivity index (χ2n) is 6.48. The zero-order valence-electron chi connectivity index (χ0n) is 13.6. The van der Waals surface area contributed by atoms with Crippen LogP contribution in [0, 0.1) is 5.41 Å². The maximum absolute atomic E-state index is 6.45. The number of halogens is 1. The zero-order valence-corrected chi connectivity index (χ0v) is 14.3. The maximum Gasteiger partial charge on any atom is 0.147 e. The van der Waals surface area contributed by atoms with Crippen molar-refractivity contribution in [2.75, 3.05) is 24.5 Å². The van der Waals surface area contributed by atoms with Crippen LogP contribution in [0.25, 0.3) is 0 Å². The molecule has 4 heteroatoms. The number of anilines is 1. The van der Waals surface area contributed by atoms with Crippen LogP contribution in [0.4, 0.5) is 5.82 Å². The molecule has 21 heavy (non-hydrogen) atoms. The molecule has 1 aliphatic heterocycles. The molecule has 2 rings (SSSR count). The summed E-state index contributed by atoms with van der Waals surface area (Å²) in [5, 5.41) is 4.17. The van der Waals surface area contributed by atoms with E-state index in [-0.39, 0.29) is 0 Å². The number of hydrogen-bond donors (Lipinski definition) is 1. The summed E-state index contributed by atoms with van der Waals surface area (Å²) in [7, 11) is 0. The minimum absolute atomic E-state index is 0.493. The Morgan fingerprint density at radius 2 is 2.05 bits per heavy atom. The first-order valence-electron chi connectivity index (χ1n) is 8.18. The van der Waals surface area contributed by atoms with Gasteiger partial charge in [0.25, 0.3) is 0 Å². The summed E-state index contributed by atoms with van der Waals surface area (Å²) in [4.78, 5) is 6.94. The van der Waals surface area contributed by atoms with E-state index in [4.69, 9.17) is 11.6 Å². The fourth-order valence-corrected chi connectivity index (χ4v) is 3.13. The average molecular weight is 310 g/mol. The summed E-state index contributed by atoms with van der Waals surface area (Å²) in [6, 6.07) is 2.06. The van der Waals surface area contributed by atoms with Gasteiger partial charge in [0.2, 0.25) is 0 Å². The van der Waals surface area contributed by atoms with Gasteiger partial charge in [-0.15, -0.1) is 0 Å². The molecule has 0 saturated carbocycles. The molecule has 0 radical (unpaired) electrons. The molecule has 1 aromatic rings. The largest absolute Gasteiger partial charge is 0.355 e. The molecule has 0 atom stereocenters. The van der Waals surface area contributed by atoms with E-state index < -0.39 is 0 Å². The monoisotopic (exact) mass is 309 g/mol. The quantitative estimate of drug-likeness (QED) is 0.796. The predicted octanol–water partition coefficient (Wildman–Crippen LogP) is 4.25. The minimum Gasteiger partial charge on any atom is -0.355 e. The van der Waals surface area contributed by atoms with Crippen molar-refractivity contribution in [3.05, 3.63) is 22.8 Å². The number of hydrogen-bond acceptors (Lipinski definition) is 3. The highest BCUT2D eigenvalue weighted by Crippen LogP contribution is 2.36. The van der Waals surface area contributed by atoms with E-state index >= 15 is 0 Å². The Kier molecular flexibility index (Phi) is 5.88. The van der Waals surface area contributed by atoms with Crippen LogP contribution in [0.1, 0.15) is 52.0 Å². The number of rotatable bonds is 6. The number of aromatic nitrogens is 1. The van der Waals surface area contributed by atoms with Gasteiger partial charge in [-0.1, -0.05) is 38.8 Å². The number of pyridine rings is 1. The van der Waals surface area contributed by atoms with Crippen LogP contribution < -0.4 is 10.2 Å². The molecule has 1 fully saturated rings. The van der Waals surface area contributed by atoms with Crippen molar-refractivity contribution in [3.63, 3.8) is 0 Å². The van der Waals surface area contributed by atoms with Crippen molar-refractivity contribution >= 4 is 17.4 Å². The van der Waals surface area contributed by atoms with E-state index in [0.29, 0.717) is 5.41 Å². The standard InChI is InChI=1S/C17H28ClN3/c1-4-8-19-12-14-11-15(18)16(20-13-14)21-9-6-17(3,5-2)7-10-21/h11,13,19H,4-10,12H2,1-3H3. The second kappa shape index (κ2) is 7.46. The first-order valence-corrected chi connectivity index (χ1v) is 8.56. The molecule has 1 aliphatic rings. The number of nitrogens with one attached hydrogen (secondary N) is 1. The summed E-state index contributed by atoms with van der Waals surface area (Å²) < 4.78 is 0. The van der Waals surface area contributed by atoms with Crippen LogP contribution in [0.15, 0.2) is 12.3 Å². The molecule has 1 saturated heterocycles. The van der Waals surface area contributed by atoms with E-state index in [0.717, 1.165) is 49.0 Å². The maximum atomic E-state index is 6.45. The van der Waals surface area contributed by atoms with Crippen molar-refractivity contribution in [2.24, 2.45) is 5.41 Å². The van der Waals surface area contributed by atoms with Crippen LogP contribution in [0.2, 0.25) is 5.02 Å². The molecular weight excluding hydrogens is 282 g/mol. The molecular formula is C17H28ClN3. The van der Waals surface area contributed by atoms with Gasteiger partial charge in [-0.2, -0.15) is 0 Å². The first kappa shape index (κ1) is 16.6. The van der Waals surface area contributed by atoms with Crippen molar-refractivity contribution in [1.82, 2.24) is 10.3 Å². The highest BCUT2D eigenvalue weighted by molar-refractivity contribution is 6.33. The van der Waals surface area contributed by atoms with Gasteiger partial charge in [0.15, 0.2) is 0 Å². The molecule has 0 aliphatic carbocycles. The number of nitrogens with zero attached hydrogens (tertiary/aromatic N) is 2. The Bertz CT molecular complexity index is 453. The summed E-state index contributed by atoms with van der Waals surface area (Å²) >= 11 is 6.45. The summed E-state index contributed by atoms with van der Waals surface area (Å²) in [5.74, 6) is 0.953. The molecule has 1 N–H and O–H groups in total. The predicted molar refractivity (Wildman–Crippen MR) is 91.1 cm³/mol. The van der Waals surface area contributed by atoms with Crippen LogP contribution in [-0.4, -0.2) is 24.6 Å². The fourth-order valence-electron chi connectivity index (χ4n) is 2.82. The van der Waals surface area contributed by atoms with E-state index in [1.54, 1.807) is 0 Å². The van der Waals surface area contributed by atoms with Gasteiger partial charge in [-0.3, -0.25) is 0 Å². The summed E-state index contributed by atoms with van der Waals surface area (Å²) in [6.45, 7) is 10.8. The van der Waals surface area contributed by atoms with Gasteiger partial charge < -0.3 is 10.2 Å². The van der Waals surface area contributed by atoms with Gasteiger partial charge in [0.05, 0.1) is 5.02 Å². The third-order valence-corrected chi connectivity index (χ3v) is 5.04. The molecule has 1 aromatic heterocycles. The fraction of sp³-hybridized carbons (Fsp3) is 0.706. The third-order valence-electron chi connectivity index (χ3n) is 4.76. The van der Waals surface area contributed by atoms with Crippen LogP contribution >= 0.6 is 11.6 Å². The molecule has 0 bridgehead atoms. The van der Waals surface area contributed by atoms with Crippen molar-refractivity contribution in [1.29, 1.82) is 0 Å². The lowest BCUT2D eigenvalue weighted by atomic mass is 9.78. The van der Waals surface area contributed by atoms with Crippen LogP contribution in [0.3, 0.4) is 0 Å². The van der Waals surface area contributed by atoms with Crippen molar-refractivity contribution < 1.29 is 0 Å². The SMILES string of the molecule is CCCNCc1cnc(N2CCC(C)(CC)CC2)c(Cl)c1. The molecule has 0 aromatic carbocycles. The average Bonchev–Trinajstić information content (AvgIpc) is 2.49. The lowest BCUT2D eigenvalue weighted by Crippen LogP contribution is -2.39. The highest BCUT2D eigenvalue weighted by Gasteiger charge is 2.29. The minimum atomic E-state index is 0.493. The van der Waals surface area contributed by atoms with E-state index in [1.807, 2.05) is 6.20 Å². The third kappa shape index (κ3) is 4.33. The normalized spacial score (nSPS) is 18.0. The molecule has 0 spiro atoms. The molecule has 0 amide bonds. The van der Waals surface area contributed by atoms with Gasteiger partial charge in [0.1, 0.15) is 5.82 Å². The van der Waals surface area contributed by atoms with Gasteiger partial charge in [-0.25, -0.2) is 4.98 Å². The van der Waals surface area contributed by atoms with Gasteiger partial charge in [0, 0.05) is 25.8 Å². The summed E-state index contributed by atoms with van der Waals surface area (Å²) in [6.07, 6.45) is 6.80. The Morgan fingerprint density at radius 3 is 2.62 bits per heavy atom. The Hall–Kier alpha value is -0.800. The number of piperidine rings is 1. The van der Waals surface area contributed by atoms with E-state index in [1.165, 1.54) is 19.3 Å². The molecule has 118 valence electrons. The van der Waals surface area contributed by atoms with Gasteiger partial charge >= 0.3 is 0 Å².